The van der Waals surface area contributed by atoms with Crippen molar-refractivity contribution in [3.63, 3.8) is 0 Å². The van der Waals surface area contributed by atoms with Crippen LogP contribution >= 0.6 is 0 Å². The summed E-state index contributed by atoms with van der Waals surface area (Å²) in [6.45, 7) is 2.49. The molecule has 1 N–H and O–H groups in total. The quantitative estimate of drug-likeness (QED) is 0.462. The summed E-state index contributed by atoms with van der Waals surface area (Å²) in [5.74, 6) is -3.32. The number of alkyl halides is 3. The van der Waals surface area contributed by atoms with E-state index in [0.717, 1.165) is 17.0 Å². The molecule has 0 saturated heterocycles. The zero-order valence-corrected chi connectivity index (χ0v) is 19.1. The van der Waals surface area contributed by atoms with Crippen LogP contribution < -0.4 is 5.32 Å². The van der Waals surface area contributed by atoms with Crippen LogP contribution in [-0.2, 0) is 31.8 Å². The van der Waals surface area contributed by atoms with Gasteiger partial charge in [-0.1, -0.05) is 30.3 Å². The molecule has 0 aromatic heterocycles. The number of hydrogen-bond acceptors (Lipinski definition) is 4. The van der Waals surface area contributed by atoms with Crippen molar-refractivity contribution in [2.24, 2.45) is 0 Å². The van der Waals surface area contributed by atoms with E-state index < -0.39 is 47.8 Å². The highest BCUT2D eigenvalue weighted by Gasteiger charge is 2.38. The molecule has 2 amide bonds. The lowest BCUT2D eigenvalue weighted by Gasteiger charge is -2.34. The standard InChI is InChI=1S/C25H24F4N2O4/c1-3-35-24(34)23-15(2)31(22(33)12-19(23)18-9-4-5-10-20(18)26)14-21(32)30-13-16-7-6-8-17(11-16)25(27,28)29/h4-11,19H,3,12-14H2,1-2H3,(H,30,32). The van der Waals surface area contributed by atoms with Crippen molar-refractivity contribution in [1.82, 2.24) is 10.2 Å². The predicted molar refractivity (Wildman–Crippen MR) is 118 cm³/mol. The molecule has 6 nitrogen and oxygen atoms in total. The minimum Gasteiger partial charge on any atom is -0.463 e. The van der Waals surface area contributed by atoms with Gasteiger partial charge in [0.05, 0.1) is 17.7 Å². The molecule has 1 aliphatic rings. The van der Waals surface area contributed by atoms with Gasteiger partial charge < -0.3 is 15.0 Å². The molecule has 1 heterocycles. The lowest BCUT2D eigenvalue weighted by Crippen LogP contribution is -2.44. The molecule has 0 spiro atoms. The Hall–Kier alpha value is -3.69. The average Bonchev–Trinajstić information content (AvgIpc) is 2.80. The summed E-state index contributed by atoms with van der Waals surface area (Å²) >= 11 is 0. The van der Waals surface area contributed by atoms with Crippen molar-refractivity contribution in [1.29, 1.82) is 0 Å². The van der Waals surface area contributed by atoms with Crippen LogP contribution in [0.15, 0.2) is 59.8 Å². The van der Waals surface area contributed by atoms with E-state index in [9.17, 15) is 31.9 Å². The first-order valence-corrected chi connectivity index (χ1v) is 10.9. The highest BCUT2D eigenvalue weighted by atomic mass is 19.4. The van der Waals surface area contributed by atoms with Crippen molar-refractivity contribution >= 4 is 17.8 Å². The number of amides is 2. The number of hydrogen-bond donors (Lipinski definition) is 1. The van der Waals surface area contributed by atoms with Crippen LogP contribution in [0.25, 0.3) is 0 Å². The zero-order valence-electron chi connectivity index (χ0n) is 19.1. The summed E-state index contributed by atoms with van der Waals surface area (Å²) in [7, 11) is 0. The van der Waals surface area contributed by atoms with Gasteiger partial charge in [0.15, 0.2) is 0 Å². The predicted octanol–water partition coefficient (Wildman–Crippen LogP) is 4.31. The summed E-state index contributed by atoms with van der Waals surface area (Å²) in [5.41, 5.74) is -0.217. The second-order valence-electron chi connectivity index (χ2n) is 7.95. The first-order valence-electron chi connectivity index (χ1n) is 10.9. The Kier molecular flexibility index (Phi) is 7.93. The molecule has 0 aliphatic carbocycles. The van der Waals surface area contributed by atoms with Crippen LogP contribution in [0.1, 0.15) is 42.9 Å². The van der Waals surface area contributed by atoms with E-state index in [1.165, 1.54) is 37.3 Å². The Morgan fingerprint density at radius 1 is 1.14 bits per heavy atom. The fourth-order valence-corrected chi connectivity index (χ4v) is 3.96. The Morgan fingerprint density at radius 3 is 2.51 bits per heavy atom. The average molecular weight is 492 g/mol. The van der Waals surface area contributed by atoms with Crippen LogP contribution in [0.5, 0.6) is 0 Å². The van der Waals surface area contributed by atoms with E-state index >= 15 is 0 Å². The summed E-state index contributed by atoms with van der Waals surface area (Å²) in [5, 5.41) is 2.49. The number of rotatable bonds is 7. The van der Waals surface area contributed by atoms with Gasteiger partial charge in [-0.3, -0.25) is 9.59 Å². The lowest BCUT2D eigenvalue weighted by molar-refractivity contribution is -0.141. The van der Waals surface area contributed by atoms with Gasteiger partial charge in [-0.2, -0.15) is 13.2 Å². The third-order valence-corrected chi connectivity index (χ3v) is 5.64. The second kappa shape index (κ2) is 10.7. The maximum atomic E-state index is 14.5. The maximum Gasteiger partial charge on any atom is 0.416 e. The molecular formula is C25H24F4N2O4. The number of carbonyl (C=O) groups is 3. The van der Waals surface area contributed by atoms with Crippen molar-refractivity contribution in [2.45, 2.75) is 38.9 Å². The third-order valence-electron chi connectivity index (χ3n) is 5.64. The number of benzene rings is 2. The first-order chi connectivity index (χ1) is 16.5. The van der Waals surface area contributed by atoms with E-state index in [1.54, 1.807) is 13.0 Å². The number of allylic oxidation sites excluding steroid dienone is 1. The van der Waals surface area contributed by atoms with Gasteiger partial charge in [0, 0.05) is 24.6 Å². The topological polar surface area (TPSA) is 75.7 Å². The van der Waals surface area contributed by atoms with Gasteiger partial charge in [0.25, 0.3) is 0 Å². The summed E-state index contributed by atoms with van der Waals surface area (Å²) < 4.78 is 58.3. The van der Waals surface area contributed by atoms with Crippen molar-refractivity contribution in [2.75, 3.05) is 13.2 Å². The molecule has 1 aliphatic heterocycles. The first kappa shape index (κ1) is 25.9. The summed E-state index contributed by atoms with van der Waals surface area (Å²) in [6, 6.07) is 10.3. The molecule has 0 fully saturated rings. The number of esters is 1. The molecule has 35 heavy (non-hydrogen) atoms. The minimum absolute atomic E-state index is 0.0605. The molecule has 1 atom stereocenters. The van der Waals surface area contributed by atoms with Crippen LogP contribution in [0.2, 0.25) is 0 Å². The van der Waals surface area contributed by atoms with E-state index in [2.05, 4.69) is 5.32 Å². The molecule has 10 heteroatoms. The number of ether oxygens (including phenoxy) is 1. The van der Waals surface area contributed by atoms with E-state index in [4.69, 9.17) is 4.74 Å². The van der Waals surface area contributed by atoms with Crippen LogP contribution in [-0.4, -0.2) is 35.8 Å². The third kappa shape index (κ3) is 6.06. The molecule has 3 rings (SSSR count). The van der Waals surface area contributed by atoms with Gasteiger partial charge >= 0.3 is 12.1 Å². The molecule has 0 bridgehead atoms. The molecule has 2 aromatic carbocycles. The Bertz CT molecular complexity index is 1160. The fraction of sp³-hybridized carbons (Fsp3) is 0.320. The fourth-order valence-electron chi connectivity index (χ4n) is 3.96. The summed E-state index contributed by atoms with van der Waals surface area (Å²) in [6.07, 6.45) is -4.77. The lowest BCUT2D eigenvalue weighted by atomic mass is 9.83. The van der Waals surface area contributed by atoms with E-state index in [0.29, 0.717) is 0 Å². The molecule has 1 unspecified atom stereocenters. The van der Waals surface area contributed by atoms with Crippen molar-refractivity contribution in [3.8, 4) is 0 Å². The highest BCUT2D eigenvalue weighted by Crippen LogP contribution is 2.38. The number of halogens is 4. The number of carbonyl (C=O) groups excluding carboxylic acids is 3. The van der Waals surface area contributed by atoms with Gasteiger partial charge in [-0.15, -0.1) is 0 Å². The van der Waals surface area contributed by atoms with Crippen LogP contribution in [0.4, 0.5) is 17.6 Å². The Labute approximate surface area is 199 Å². The normalized spacial score (nSPS) is 16.3. The highest BCUT2D eigenvalue weighted by molar-refractivity contribution is 5.97. The SMILES string of the molecule is CCOC(=O)C1=C(C)N(CC(=O)NCc2cccc(C(F)(F)F)c2)C(=O)CC1c1ccccc1F. The van der Waals surface area contributed by atoms with Crippen molar-refractivity contribution in [3.05, 3.63) is 82.3 Å². The van der Waals surface area contributed by atoms with Gasteiger partial charge in [0.1, 0.15) is 12.4 Å². The van der Waals surface area contributed by atoms with Crippen LogP contribution in [0.3, 0.4) is 0 Å². The molecule has 2 aromatic rings. The maximum absolute atomic E-state index is 14.5. The monoisotopic (exact) mass is 492 g/mol. The minimum atomic E-state index is -4.51. The smallest absolute Gasteiger partial charge is 0.416 e. The Morgan fingerprint density at radius 2 is 1.86 bits per heavy atom. The summed E-state index contributed by atoms with van der Waals surface area (Å²) in [4.78, 5) is 39.3. The second-order valence-corrected chi connectivity index (χ2v) is 7.95. The molecular weight excluding hydrogens is 468 g/mol. The largest absolute Gasteiger partial charge is 0.463 e. The van der Waals surface area contributed by atoms with Crippen molar-refractivity contribution < 1.29 is 36.7 Å². The van der Waals surface area contributed by atoms with Gasteiger partial charge in [-0.25, -0.2) is 9.18 Å². The van der Waals surface area contributed by atoms with E-state index in [1.807, 2.05) is 0 Å². The van der Waals surface area contributed by atoms with Gasteiger partial charge in [-0.05, 0) is 43.2 Å². The number of nitrogens with one attached hydrogen (secondary N) is 1. The Balaban J connectivity index is 1.81. The van der Waals surface area contributed by atoms with E-state index in [-0.39, 0.29) is 42.0 Å². The molecule has 0 radical (unpaired) electrons. The number of nitrogens with zero attached hydrogens (tertiary/aromatic N) is 1. The molecule has 0 saturated carbocycles. The zero-order chi connectivity index (χ0) is 25.8. The van der Waals surface area contributed by atoms with Gasteiger partial charge in [0.2, 0.25) is 11.8 Å². The molecule has 186 valence electrons. The van der Waals surface area contributed by atoms with Crippen LogP contribution in [0, 0.1) is 5.82 Å².